The molecular formula is C13H14N2O. The van der Waals surface area contributed by atoms with E-state index in [0.29, 0.717) is 17.3 Å². The van der Waals surface area contributed by atoms with Crippen LogP contribution in [-0.4, -0.2) is 4.98 Å². The monoisotopic (exact) mass is 214 g/mol. The number of aromatic amines is 1. The standard InChI is InChI=1S/C13H14N2O/c1-13(2)9-4-7-3-8(6-14)12(16)15-11(7)10(13)5-9/h3,9-10H,4-5H2,1-2H3,(H,15,16)/t9-,10-/m0/s1. The van der Waals surface area contributed by atoms with Crippen LogP contribution in [0.5, 0.6) is 0 Å². The minimum absolute atomic E-state index is 0.234. The van der Waals surface area contributed by atoms with Crippen molar-refractivity contribution in [3.8, 4) is 6.07 Å². The molecule has 0 amide bonds. The molecular weight excluding hydrogens is 200 g/mol. The summed E-state index contributed by atoms with van der Waals surface area (Å²) in [7, 11) is 0. The van der Waals surface area contributed by atoms with E-state index in [1.165, 1.54) is 12.0 Å². The molecule has 0 aromatic carbocycles. The first-order chi connectivity index (χ1) is 7.54. The lowest BCUT2D eigenvalue weighted by Gasteiger charge is -2.56. The van der Waals surface area contributed by atoms with Gasteiger partial charge >= 0.3 is 0 Å². The minimum Gasteiger partial charge on any atom is -0.325 e. The fourth-order valence-electron chi connectivity index (χ4n) is 3.27. The highest BCUT2D eigenvalue weighted by molar-refractivity contribution is 5.40. The summed E-state index contributed by atoms with van der Waals surface area (Å²) in [6.45, 7) is 4.54. The van der Waals surface area contributed by atoms with Crippen molar-refractivity contribution in [3.63, 3.8) is 0 Å². The van der Waals surface area contributed by atoms with Crippen LogP contribution in [0.25, 0.3) is 0 Å². The molecule has 1 fully saturated rings. The van der Waals surface area contributed by atoms with E-state index >= 15 is 0 Å². The van der Waals surface area contributed by atoms with Crippen molar-refractivity contribution in [3.05, 3.63) is 33.2 Å². The molecule has 3 heteroatoms. The van der Waals surface area contributed by atoms with Crippen LogP contribution in [0, 0.1) is 22.7 Å². The molecule has 0 saturated heterocycles. The summed E-state index contributed by atoms with van der Waals surface area (Å²) in [5.74, 6) is 1.18. The first-order valence-corrected chi connectivity index (χ1v) is 5.70. The van der Waals surface area contributed by atoms with Gasteiger partial charge in [0.05, 0.1) is 0 Å². The van der Waals surface area contributed by atoms with Crippen molar-refractivity contribution in [1.29, 1.82) is 5.26 Å². The summed E-state index contributed by atoms with van der Waals surface area (Å²) < 4.78 is 0. The molecule has 0 aliphatic heterocycles. The van der Waals surface area contributed by atoms with E-state index in [0.717, 1.165) is 12.1 Å². The highest BCUT2D eigenvalue weighted by atomic mass is 16.1. The highest BCUT2D eigenvalue weighted by Crippen LogP contribution is 2.61. The first kappa shape index (κ1) is 9.65. The molecule has 82 valence electrons. The van der Waals surface area contributed by atoms with Crippen molar-refractivity contribution >= 4 is 0 Å². The lowest BCUT2D eigenvalue weighted by Crippen LogP contribution is -2.49. The maximum Gasteiger partial charge on any atom is 0.266 e. The molecule has 1 heterocycles. The zero-order valence-corrected chi connectivity index (χ0v) is 9.50. The van der Waals surface area contributed by atoms with Gasteiger partial charge in [0.2, 0.25) is 0 Å². The quantitative estimate of drug-likeness (QED) is 0.717. The molecule has 2 atom stereocenters. The van der Waals surface area contributed by atoms with Crippen LogP contribution in [0.2, 0.25) is 0 Å². The van der Waals surface area contributed by atoms with Gasteiger partial charge in [0.25, 0.3) is 5.56 Å². The third-order valence-electron chi connectivity index (χ3n) is 4.56. The number of rotatable bonds is 0. The van der Waals surface area contributed by atoms with Crippen molar-refractivity contribution in [1.82, 2.24) is 4.98 Å². The van der Waals surface area contributed by atoms with Gasteiger partial charge in [0.1, 0.15) is 11.6 Å². The Balaban J connectivity index is 2.18. The van der Waals surface area contributed by atoms with Gasteiger partial charge in [0, 0.05) is 11.6 Å². The van der Waals surface area contributed by atoms with Crippen LogP contribution in [0.4, 0.5) is 0 Å². The second-order valence-electron chi connectivity index (χ2n) is 5.57. The molecule has 1 aromatic heterocycles. The Morgan fingerprint density at radius 2 is 2.31 bits per heavy atom. The Labute approximate surface area is 94.1 Å². The Morgan fingerprint density at radius 1 is 1.56 bits per heavy atom. The Hall–Kier alpha value is -1.56. The molecule has 1 saturated carbocycles. The fourth-order valence-corrected chi connectivity index (χ4v) is 3.27. The Morgan fingerprint density at radius 3 is 2.94 bits per heavy atom. The van der Waals surface area contributed by atoms with Gasteiger partial charge in [-0.05, 0) is 35.8 Å². The van der Waals surface area contributed by atoms with Gasteiger partial charge in [0.15, 0.2) is 0 Å². The fraction of sp³-hybridized carbons (Fsp3) is 0.538. The molecule has 1 aromatic rings. The van der Waals surface area contributed by atoms with E-state index in [1.54, 1.807) is 6.07 Å². The number of H-pyrrole nitrogens is 1. The number of aromatic nitrogens is 1. The summed E-state index contributed by atoms with van der Waals surface area (Å²) in [5, 5.41) is 8.83. The van der Waals surface area contributed by atoms with Crippen LogP contribution in [-0.2, 0) is 6.42 Å². The maximum atomic E-state index is 11.6. The van der Waals surface area contributed by atoms with E-state index in [2.05, 4.69) is 18.8 Å². The Kier molecular flexibility index (Phi) is 1.67. The second kappa shape index (κ2) is 2.76. The number of nitrogens with zero attached hydrogens (tertiary/aromatic N) is 1. The minimum atomic E-state index is -0.234. The van der Waals surface area contributed by atoms with Crippen LogP contribution >= 0.6 is 0 Å². The van der Waals surface area contributed by atoms with E-state index in [4.69, 9.17) is 5.26 Å². The average molecular weight is 214 g/mol. The maximum absolute atomic E-state index is 11.6. The van der Waals surface area contributed by atoms with Gasteiger partial charge < -0.3 is 4.98 Å². The van der Waals surface area contributed by atoms with E-state index in [-0.39, 0.29) is 11.1 Å². The largest absolute Gasteiger partial charge is 0.325 e. The van der Waals surface area contributed by atoms with Crippen LogP contribution < -0.4 is 5.56 Å². The lowest BCUT2D eigenvalue weighted by molar-refractivity contribution is 0.0153. The predicted molar refractivity (Wildman–Crippen MR) is 60.1 cm³/mol. The van der Waals surface area contributed by atoms with E-state index in [1.807, 2.05) is 6.07 Å². The predicted octanol–water partition coefficient (Wildman–Crippen LogP) is 1.93. The van der Waals surface area contributed by atoms with Crippen molar-refractivity contribution < 1.29 is 0 Å². The number of nitrogens with one attached hydrogen (secondary N) is 1. The van der Waals surface area contributed by atoms with Gasteiger partial charge in [-0.3, -0.25) is 4.79 Å². The SMILES string of the molecule is CC1(C)[C@H]2Cc3cc(C#N)c(=O)[nH]c3[C@@H]1C2. The second-order valence-corrected chi connectivity index (χ2v) is 5.57. The number of hydrogen-bond donors (Lipinski definition) is 1. The average Bonchev–Trinajstić information content (AvgIpc) is 2.26. The van der Waals surface area contributed by atoms with Crippen LogP contribution in [0.1, 0.15) is 43.0 Å². The molecule has 3 aliphatic rings. The molecule has 0 radical (unpaired) electrons. The normalized spacial score (nSPS) is 28.8. The summed E-state index contributed by atoms with van der Waals surface area (Å²) >= 11 is 0. The van der Waals surface area contributed by atoms with Crippen molar-refractivity contribution in [2.75, 3.05) is 0 Å². The highest BCUT2D eigenvalue weighted by Gasteiger charge is 2.52. The molecule has 16 heavy (non-hydrogen) atoms. The number of hydrogen-bond acceptors (Lipinski definition) is 2. The third kappa shape index (κ3) is 0.996. The molecule has 0 spiro atoms. The number of nitriles is 1. The van der Waals surface area contributed by atoms with Crippen molar-refractivity contribution in [2.45, 2.75) is 32.6 Å². The molecule has 1 N–H and O–H groups in total. The molecule has 3 aliphatic carbocycles. The topological polar surface area (TPSA) is 56.6 Å². The van der Waals surface area contributed by atoms with Gasteiger partial charge in [-0.1, -0.05) is 13.8 Å². The first-order valence-electron chi connectivity index (χ1n) is 5.70. The van der Waals surface area contributed by atoms with E-state index in [9.17, 15) is 4.79 Å². The zero-order chi connectivity index (χ0) is 11.5. The van der Waals surface area contributed by atoms with Gasteiger partial charge in [-0.2, -0.15) is 5.26 Å². The number of pyridine rings is 1. The summed E-state index contributed by atoms with van der Waals surface area (Å²) in [6.07, 6.45) is 2.19. The molecule has 3 nitrogen and oxygen atoms in total. The summed E-state index contributed by atoms with van der Waals surface area (Å²) in [6, 6.07) is 3.73. The molecule has 0 unspecified atom stereocenters. The zero-order valence-electron chi connectivity index (χ0n) is 9.50. The lowest BCUT2D eigenvalue weighted by atomic mass is 9.48. The summed E-state index contributed by atoms with van der Waals surface area (Å²) in [4.78, 5) is 14.5. The van der Waals surface area contributed by atoms with E-state index < -0.39 is 0 Å². The van der Waals surface area contributed by atoms with Gasteiger partial charge in [-0.25, -0.2) is 0 Å². The molecule has 4 rings (SSSR count). The van der Waals surface area contributed by atoms with Crippen molar-refractivity contribution in [2.24, 2.45) is 11.3 Å². The summed E-state index contributed by atoms with van der Waals surface area (Å²) in [5.41, 5.74) is 2.58. The van der Waals surface area contributed by atoms with Gasteiger partial charge in [-0.15, -0.1) is 0 Å². The molecule has 2 bridgehead atoms. The smallest absolute Gasteiger partial charge is 0.266 e. The third-order valence-corrected chi connectivity index (χ3v) is 4.56. The Bertz CT molecular complexity index is 562. The van der Waals surface area contributed by atoms with Crippen LogP contribution in [0.3, 0.4) is 0 Å². The van der Waals surface area contributed by atoms with Crippen LogP contribution in [0.15, 0.2) is 10.9 Å².